The second-order valence-electron chi connectivity index (χ2n) is 7.91. The van der Waals surface area contributed by atoms with Crippen LogP contribution in [0.5, 0.6) is 23.0 Å². The lowest BCUT2D eigenvalue weighted by molar-refractivity contribution is -0.117. The average molecular weight is 494 g/mol. The van der Waals surface area contributed by atoms with Gasteiger partial charge in [0, 0.05) is 24.6 Å². The van der Waals surface area contributed by atoms with Crippen molar-refractivity contribution in [3.8, 4) is 29.1 Å². The number of hydrogen-bond acceptors (Lipinski definition) is 7. The lowest BCUT2D eigenvalue weighted by Gasteiger charge is -2.18. The van der Waals surface area contributed by atoms with Crippen molar-refractivity contribution in [2.45, 2.75) is 17.2 Å². The minimum absolute atomic E-state index is 0.0231. The lowest BCUT2D eigenvalue weighted by Crippen LogP contribution is -2.24. The molecule has 0 saturated carbocycles. The van der Waals surface area contributed by atoms with Crippen molar-refractivity contribution < 1.29 is 27.4 Å². The second-order valence-corrected chi connectivity index (χ2v) is 9.47. The van der Waals surface area contributed by atoms with Crippen LogP contribution >= 0.6 is 0 Å². The Bertz CT molecular complexity index is 1390. The van der Waals surface area contributed by atoms with Gasteiger partial charge in [-0.3, -0.25) is 4.79 Å². The fourth-order valence-corrected chi connectivity index (χ4v) is 4.51. The molecule has 0 aliphatic carbocycles. The maximum Gasteiger partial charge on any atom is 0.238 e. The molecule has 180 valence electrons. The van der Waals surface area contributed by atoms with Crippen molar-refractivity contribution >= 4 is 21.6 Å². The molecule has 1 fully saturated rings. The number of nitrogens with two attached hydrogens (primary N) is 1. The molecule has 3 aromatic carbocycles. The van der Waals surface area contributed by atoms with E-state index in [-0.39, 0.29) is 23.1 Å². The molecule has 9 nitrogen and oxygen atoms in total. The van der Waals surface area contributed by atoms with Gasteiger partial charge in [0.15, 0.2) is 11.5 Å². The maximum absolute atomic E-state index is 12.8. The van der Waals surface area contributed by atoms with Crippen LogP contribution < -0.4 is 24.2 Å². The minimum Gasteiger partial charge on any atom is -0.493 e. The number of ether oxygens (including phenoxy) is 3. The van der Waals surface area contributed by atoms with Gasteiger partial charge in [-0.1, -0.05) is 12.1 Å². The van der Waals surface area contributed by atoms with Crippen molar-refractivity contribution in [2.24, 2.45) is 5.14 Å². The number of benzene rings is 3. The van der Waals surface area contributed by atoms with Crippen LogP contribution in [0.25, 0.3) is 0 Å². The molecule has 4 rings (SSSR count). The van der Waals surface area contributed by atoms with Gasteiger partial charge >= 0.3 is 0 Å². The lowest BCUT2D eigenvalue weighted by atomic mass is 9.96. The van der Waals surface area contributed by atoms with Crippen LogP contribution in [0.4, 0.5) is 5.69 Å². The van der Waals surface area contributed by atoms with Gasteiger partial charge in [0.2, 0.25) is 21.7 Å². The fraction of sp³-hybridized carbons (Fsp3) is 0.200. The summed E-state index contributed by atoms with van der Waals surface area (Å²) in [4.78, 5) is 14.3. The number of primary sulfonamides is 1. The first kappa shape index (κ1) is 24.1. The third-order valence-corrected chi connectivity index (χ3v) is 6.72. The van der Waals surface area contributed by atoms with Crippen molar-refractivity contribution in [1.82, 2.24) is 0 Å². The van der Waals surface area contributed by atoms with Crippen molar-refractivity contribution in [3.05, 3.63) is 71.8 Å². The van der Waals surface area contributed by atoms with E-state index in [1.54, 1.807) is 53.4 Å². The zero-order valence-corrected chi connectivity index (χ0v) is 19.9. The van der Waals surface area contributed by atoms with Gasteiger partial charge in [-0.15, -0.1) is 0 Å². The van der Waals surface area contributed by atoms with Crippen molar-refractivity contribution in [2.75, 3.05) is 25.7 Å². The summed E-state index contributed by atoms with van der Waals surface area (Å²) in [6, 6.07) is 18.4. The highest BCUT2D eigenvalue weighted by atomic mass is 32.2. The van der Waals surface area contributed by atoms with E-state index in [0.29, 0.717) is 40.8 Å². The largest absolute Gasteiger partial charge is 0.493 e. The molecule has 35 heavy (non-hydrogen) atoms. The Morgan fingerprint density at radius 1 is 1.00 bits per heavy atom. The number of carbonyl (C=O) groups excluding carboxylic acids is 1. The summed E-state index contributed by atoms with van der Waals surface area (Å²) >= 11 is 0. The van der Waals surface area contributed by atoms with Crippen LogP contribution in [0.2, 0.25) is 0 Å². The number of rotatable bonds is 7. The van der Waals surface area contributed by atoms with E-state index in [1.807, 2.05) is 0 Å². The van der Waals surface area contributed by atoms with E-state index >= 15 is 0 Å². The highest BCUT2D eigenvalue weighted by molar-refractivity contribution is 7.89. The predicted octanol–water partition coefficient (Wildman–Crippen LogP) is 3.54. The number of nitrogens with zero attached hydrogens (tertiary/aromatic N) is 2. The summed E-state index contributed by atoms with van der Waals surface area (Å²) in [6.07, 6.45) is 0.250. The molecule has 0 unspecified atom stereocenters. The molecule has 1 heterocycles. The first-order valence-corrected chi connectivity index (χ1v) is 12.2. The number of amides is 1. The fourth-order valence-electron chi connectivity index (χ4n) is 3.99. The first-order chi connectivity index (χ1) is 16.7. The Labute approximate surface area is 203 Å². The number of para-hydroxylation sites is 1. The third-order valence-electron chi connectivity index (χ3n) is 5.79. The number of anilines is 1. The monoisotopic (exact) mass is 493 g/mol. The van der Waals surface area contributed by atoms with Crippen LogP contribution in [0, 0.1) is 11.3 Å². The summed E-state index contributed by atoms with van der Waals surface area (Å²) in [5.41, 5.74) is 1.72. The molecule has 1 amide bonds. The molecule has 1 aliphatic heterocycles. The van der Waals surface area contributed by atoms with E-state index in [0.717, 1.165) is 5.56 Å². The highest BCUT2D eigenvalue weighted by Crippen LogP contribution is 2.42. The van der Waals surface area contributed by atoms with Gasteiger partial charge < -0.3 is 19.1 Å². The number of methoxy groups -OCH3 is 2. The quantitative estimate of drug-likeness (QED) is 0.532. The molecule has 1 atom stereocenters. The zero-order valence-electron chi connectivity index (χ0n) is 19.1. The van der Waals surface area contributed by atoms with Crippen LogP contribution in [0.1, 0.15) is 23.5 Å². The zero-order chi connectivity index (χ0) is 25.2. The van der Waals surface area contributed by atoms with E-state index in [9.17, 15) is 18.5 Å². The van der Waals surface area contributed by atoms with Crippen molar-refractivity contribution in [1.29, 1.82) is 5.26 Å². The topological polar surface area (TPSA) is 132 Å². The van der Waals surface area contributed by atoms with Crippen LogP contribution in [0.3, 0.4) is 0 Å². The van der Waals surface area contributed by atoms with Crippen LogP contribution in [-0.4, -0.2) is 35.1 Å². The molecule has 0 aromatic heterocycles. The second kappa shape index (κ2) is 9.66. The Kier molecular flexibility index (Phi) is 6.64. The SMILES string of the molecule is COc1cccc(OC)c1Oc1cc([C@H]2CC(=O)N(c3ccc(S(N)(=O)=O)cc3)C2)ccc1C#N. The number of sulfonamides is 1. The van der Waals surface area contributed by atoms with Gasteiger partial charge in [0.05, 0.1) is 24.7 Å². The molecule has 2 N–H and O–H groups in total. The Morgan fingerprint density at radius 2 is 1.66 bits per heavy atom. The molecule has 1 saturated heterocycles. The molecular weight excluding hydrogens is 470 g/mol. The van der Waals surface area contributed by atoms with Crippen LogP contribution in [-0.2, 0) is 14.8 Å². The van der Waals surface area contributed by atoms with E-state index in [4.69, 9.17) is 19.3 Å². The summed E-state index contributed by atoms with van der Waals surface area (Å²) in [5.74, 6) is 1.29. The van der Waals surface area contributed by atoms with Gasteiger partial charge in [-0.25, -0.2) is 13.6 Å². The highest BCUT2D eigenvalue weighted by Gasteiger charge is 2.32. The normalized spacial score (nSPS) is 15.5. The maximum atomic E-state index is 12.8. The predicted molar refractivity (Wildman–Crippen MR) is 128 cm³/mol. The molecule has 0 bridgehead atoms. The molecule has 1 aliphatic rings. The average Bonchev–Trinajstić information content (AvgIpc) is 3.25. The van der Waals surface area contributed by atoms with Crippen LogP contribution in [0.15, 0.2) is 65.6 Å². The van der Waals surface area contributed by atoms with Gasteiger partial charge in [0.1, 0.15) is 11.8 Å². The minimum atomic E-state index is -3.82. The van der Waals surface area contributed by atoms with E-state index < -0.39 is 10.0 Å². The molecule has 0 radical (unpaired) electrons. The molecular formula is C25H23N3O6S. The number of carbonyl (C=O) groups is 1. The first-order valence-electron chi connectivity index (χ1n) is 10.6. The molecule has 3 aromatic rings. The van der Waals surface area contributed by atoms with Gasteiger partial charge in [-0.05, 0) is 54.1 Å². The molecule has 0 spiro atoms. The Balaban J connectivity index is 1.62. The smallest absolute Gasteiger partial charge is 0.238 e. The third kappa shape index (κ3) is 4.91. The van der Waals surface area contributed by atoms with Gasteiger partial charge in [-0.2, -0.15) is 5.26 Å². The number of nitriles is 1. The van der Waals surface area contributed by atoms with Crippen molar-refractivity contribution in [3.63, 3.8) is 0 Å². The van der Waals surface area contributed by atoms with Gasteiger partial charge in [0.25, 0.3) is 0 Å². The summed E-state index contributed by atoms with van der Waals surface area (Å²) in [7, 11) is -0.797. The Morgan fingerprint density at radius 3 is 2.23 bits per heavy atom. The number of hydrogen-bond donors (Lipinski definition) is 1. The summed E-state index contributed by atoms with van der Waals surface area (Å²) < 4.78 is 39.9. The summed E-state index contributed by atoms with van der Waals surface area (Å²) in [5, 5.41) is 14.8. The van der Waals surface area contributed by atoms with E-state index in [1.165, 1.54) is 26.4 Å². The standard InChI is InChI=1S/C25H23N3O6S/c1-32-21-4-3-5-22(33-2)25(21)34-23-12-16(6-7-17(23)14-26)18-13-24(29)28(15-18)19-8-10-20(11-9-19)35(27,30)31/h3-12,18H,13,15H2,1-2H3,(H2,27,30,31)/t18-/m0/s1. The molecule has 10 heteroatoms. The summed E-state index contributed by atoms with van der Waals surface area (Å²) in [6.45, 7) is 0.386. The van der Waals surface area contributed by atoms with E-state index in [2.05, 4.69) is 6.07 Å². The Hall–Kier alpha value is -4.07.